The van der Waals surface area contributed by atoms with E-state index in [1.807, 2.05) is 0 Å². The second-order valence-electron chi connectivity index (χ2n) is 14.1. The minimum absolute atomic E-state index is 1.16. The van der Waals surface area contributed by atoms with Gasteiger partial charge in [0.1, 0.15) is 0 Å². The normalized spacial score (nSPS) is 12.2. The zero-order valence-electron chi connectivity index (χ0n) is 28.2. The Kier molecular flexibility index (Phi) is 5.53. The van der Waals surface area contributed by atoms with E-state index >= 15 is 0 Å². The Morgan fingerprint density at radius 1 is 0.288 bits per heavy atom. The molecule has 11 aromatic rings. The van der Waals surface area contributed by atoms with Crippen LogP contribution in [0.15, 0.2) is 182 Å². The topological polar surface area (TPSA) is 9.86 Å². The van der Waals surface area contributed by atoms with Crippen molar-refractivity contribution in [2.24, 2.45) is 0 Å². The summed E-state index contributed by atoms with van der Waals surface area (Å²) >= 11 is 0. The number of rotatable bonds is 3. The number of nitrogens with zero attached hydrogens (tertiary/aromatic N) is 2. The van der Waals surface area contributed by atoms with Crippen LogP contribution in [0.3, 0.4) is 0 Å². The molecule has 12 rings (SSSR count). The lowest BCUT2D eigenvalue weighted by Gasteiger charge is -2.13. The summed E-state index contributed by atoms with van der Waals surface area (Å²) < 4.78 is 4.90. The van der Waals surface area contributed by atoms with Gasteiger partial charge in [-0.2, -0.15) is 0 Å². The molecular weight excluding hydrogens is 629 g/mol. The number of fused-ring (bicyclic) bond motifs is 11. The van der Waals surface area contributed by atoms with E-state index in [1.165, 1.54) is 104 Å². The minimum Gasteiger partial charge on any atom is -0.309 e. The van der Waals surface area contributed by atoms with Crippen molar-refractivity contribution in [3.63, 3.8) is 0 Å². The third-order valence-electron chi connectivity index (χ3n) is 11.4. The molecule has 2 aromatic heterocycles. The minimum atomic E-state index is 1.16. The van der Waals surface area contributed by atoms with E-state index in [-0.39, 0.29) is 0 Å². The Morgan fingerprint density at radius 2 is 0.923 bits per heavy atom. The standard InChI is InChI=1S/C50H30N2/c1-2-15-37-31(11-1)23-25-43-40-18-5-8-22-47(40)52(50(37)43)36-24-26-48-44(30-36)41-19-6-7-21-46(41)51(48)35-14-9-12-32(28-35)34-27-33-13-10-20-42-38-16-3-4-17-39(38)45(29-34)49(33)42/h1-30H. The lowest BCUT2D eigenvalue weighted by atomic mass is 9.96. The Balaban J connectivity index is 1.07. The van der Waals surface area contributed by atoms with E-state index in [0.29, 0.717) is 0 Å². The van der Waals surface area contributed by atoms with Crippen LogP contribution >= 0.6 is 0 Å². The molecule has 0 saturated carbocycles. The van der Waals surface area contributed by atoms with Gasteiger partial charge in [-0.05, 0) is 104 Å². The second-order valence-corrected chi connectivity index (χ2v) is 14.1. The summed E-state index contributed by atoms with van der Waals surface area (Å²) in [6.45, 7) is 0. The largest absolute Gasteiger partial charge is 0.309 e. The average molecular weight is 659 g/mol. The highest BCUT2D eigenvalue weighted by Gasteiger charge is 2.22. The van der Waals surface area contributed by atoms with E-state index in [0.717, 1.165) is 5.69 Å². The van der Waals surface area contributed by atoms with Crippen molar-refractivity contribution in [3.05, 3.63) is 182 Å². The summed E-state index contributed by atoms with van der Waals surface area (Å²) in [5, 5.41) is 10.2. The van der Waals surface area contributed by atoms with E-state index in [2.05, 4.69) is 191 Å². The van der Waals surface area contributed by atoms with E-state index < -0.39 is 0 Å². The molecule has 0 N–H and O–H groups in total. The summed E-state index contributed by atoms with van der Waals surface area (Å²) in [5.41, 5.74) is 15.0. The Labute approximate surface area is 300 Å². The van der Waals surface area contributed by atoms with Crippen molar-refractivity contribution in [1.29, 1.82) is 0 Å². The molecule has 2 heteroatoms. The summed E-state index contributed by atoms with van der Waals surface area (Å²) in [7, 11) is 0. The predicted octanol–water partition coefficient (Wildman–Crippen LogP) is 13.5. The van der Waals surface area contributed by atoms with Crippen molar-refractivity contribution >= 4 is 65.2 Å². The van der Waals surface area contributed by atoms with E-state index in [1.54, 1.807) is 0 Å². The van der Waals surface area contributed by atoms with Crippen LogP contribution in [0.25, 0.3) is 110 Å². The van der Waals surface area contributed by atoms with Gasteiger partial charge in [0.15, 0.2) is 0 Å². The van der Waals surface area contributed by atoms with E-state index in [4.69, 9.17) is 0 Å². The first-order chi connectivity index (χ1) is 25.8. The first-order valence-electron chi connectivity index (χ1n) is 18.0. The van der Waals surface area contributed by atoms with Gasteiger partial charge in [-0.3, -0.25) is 0 Å². The van der Waals surface area contributed by atoms with Crippen LogP contribution in [0, 0.1) is 0 Å². The molecule has 1 aliphatic rings. The fraction of sp³-hybridized carbons (Fsp3) is 0. The second kappa shape index (κ2) is 10.3. The van der Waals surface area contributed by atoms with Crippen LogP contribution in [0.4, 0.5) is 0 Å². The monoisotopic (exact) mass is 658 g/mol. The highest BCUT2D eigenvalue weighted by molar-refractivity contribution is 6.19. The van der Waals surface area contributed by atoms with Gasteiger partial charge in [-0.15, -0.1) is 0 Å². The molecule has 2 nitrogen and oxygen atoms in total. The molecule has 9 aromatic carbocycles. The molecule has 0 bridgehead atoms. The predicted molar refractivity (Wildman–Crippen MR) is 220 cm³/mol. The molecule has 0 aliphatic heterocycles. The molecule has 0 atom stereocenters. The van der Waals surface area contributed by atoms with E-state index in [9.17, 15) is 0 Å². The summed E-state index contributed by atoms with van der Waals surface area (Å²) in [5.74, 6) is 0. The SMILES string of the molecule is c1cc(-c2cc3c4c(cccc4c2)-c2ccccc2-3)cc(-n2c3ccccc3c3cc(-n4c5ccccc5c5ccc6ccccc6c54)ccc32)c1. The summed E-state index contributed by atoms with van der Waals surface area (Å²) in [6, 6.07) is 67.3. The van der Waals surface area contributed by atoms with Crippen molar-refractivity contribution < 1.29 is 0 Å². The first-order valence-corrected chi connectivity index (χ1v) is 18.0. The maximum atomic E-state index is 2.46. The summed E-state index contributed by atoms with van der Waals surface area (Å²) in [6.07, 6.45) is 0. The molecular formula is C50H30N2. The van der Waals surface area contributed by atoms with Gasteiger partial charge in [0, 0.05) is 38.3 Å². The van der Waals surface area contributed by atoms with Crippen molar-refractivity contribution in [1.82, 2.24) is 9.13 Å². The van der Waals surface area contributed by atoms with Gasteiger partial charge in [0.2, 0.25) is 0 Å². The molecule has 0 saturated heterocycles. The Morgan fingerprint density at radius 3 is 1.79 bits per heavy atom. The summed E-state index contributed by atoms with van der Waals surface area (Å²) in [4.78, 5) is 0. The molecule has 240 valence electrons. The lowest BCUT2D eigenvalue weighted by molar-refractivity contribution is 1.17. The molecule has 0 amide bonds. The number of aromatic nitrogens is 2. The molecule has 0 unspecified atom stereocenters. The van der Waals surface area contributed by atoms with Gasteiger partial charge in [0.05, 0.1) is 22.1 Å². The Hall–Kier alpha value is -6.90. The number of hydrogen-bond acceptors (Lipinski definition) is 0. The van der Waals surface area contributed by atoms with Crippen LogP contribution in [0.1, 0.15) is 0 Å². The first kappa shape index (κ1) is 27.9. The molecule has 0 fully saturated rings. The van der Waals surface area contributed by atoms with Crippen molar-refractivity contribution in [2.75, 3.05) is 0 Å². The maximum Gasteiger partial charge on any atom is 0.0619 e. The molecule has 0 spiro atoms. The molecule has 0 radical (unpaired) electrons. The molecule has 1 aliphatic carbocycles. The van der Waals surface area contributed by atoms with Gasteiger partial charge in [0.25, 0.3) is 0 Å². The van der Waals surface area contributed by atoms with Gasteiger partial charge < -0.3 is 9.13 Å². The van der Waals surface area contributed by atoms with Gasteiger partial charge in [-0.1, -0.05) is 127 Å². The van der Waals surface area contributed by atoms with Crippen LogP contribution in [0.2, 0.25) is 0 Å². The van der Waals surface area contributed by atoms with Gasteiger partial charge >= 0.3 is 0 Å². The van der Waals surface area contributed by atoms with Crippen LogP contribution in [-0.4, -0.2) is 9.13 Å². The highest BCUT2D eigenvalue weighted by Crippen LogP contribution is 2.49. The fourth-order valence-corrected chi connectivity index (χ4v) is 9.19. The maximum absolute atomic E-state index is 2.46. The third kappa shape index (κ3) is 3.73. The zero-order chi connectivity index (χ0) is 33.9. The number of para-hydroxylation sites is 2. The quantitative estimate of drug-likeness (QED) is 0.179. The smallest absolute Gasteiger partial charge is 0.0619 e. The van der Waals surface area contributed by atoms with Gasteiger partial charge in [-0.25, -0.2) is 0 Å². The Bertz CT molecular complexity index is 3300. The van der Waals surface area contributed by atoms with Crippen LogP contribution < -0.4 is 0 Å². The lowest BCUT2D eigenvalue weighted by Crippen LogP contribution is -1.96. The number of hydrogen-bond donors (Lipinski definition) is 0. The average Bonchev–Trinajstić information content (AvgIpc) is 3.85. The zero-order valence-corrected chi connectivity index (χ0v) is 28.2. The number of benzene rings is 9. The van der Waals surface area contributed by atoms with Crippen molar-refractivity contribution in [3.8, 4) is 44.8 Å². The van der Waals surface area contributed by atoms with Crippen LogP contribution in [0.5, 0.6) is 0 Å². The van der Waals surface area contributed by atoms with Crippen molar-refractivity contribution in [2.45, 2.75) is 0 Å². The third-order valence-corrected chi connectivity index (χ3v) is 11.4. The molecule has 2 heterocycles. The van der Waals surface area contributed by atoms with Crippen LogP contribution in [-0.2, 0) is 0 Å². The highest BCUT2D eigenvalue weighted by atomic mass is 15.0. The molecule has 52 heavy (non-hydrogen) atoms. The fourth-order valence-electron chi connectivity index (χ4n) is 9.19.